The van der Waals surface area contributed by atoms with Crippen LogP contribution >= 0.6 is 11.6 Å². The lowest BCUT2D eigenvalue weighted by Crippen LogP contribution is -2.32. The summed E-state index contributed by atoms with van der Waals surface area (Å²) in [5.74, 6) is -1.98. The number of benzene rings is 1. The van der Waals surface area contributed by atoms with E-state index in [-0.39, 0.29) is 41.3 Å². The van der Waals surface area contributed by atoms with E-state index < -0.39 is 28.9 Å². The zero-order valence-corrected chi connectivity index (χ0v) is 21.0. The number of hydrogen-bond acceptors (Lipinski definition) is 4. The summed E-state index contributed by atoms with van der Waals surface area (Å²) in [6.07, 6.45) is 0.286. The number of fused-ring (bicyclic) bond motifs is 1. The molecule has 1 aromatic carbocycles. The highest BCUT2D eigenvalue weighted by Crippen LogP contribution is 2.60. The first-order valence-electron chi connectivity index (χ1n) is 12.3. The monoisotopic (exact) mass is 534 g/mol. The summed E-state index contributed by atoms with van der Waals surface area (Å²) in [7, 11) is 0. The molecule has 1 N–H and O–H groups in total. The topological polar surface area (TPSA) is 89.3 Å². The Hall–Kier alpha value is -2.94. The van der Waals surface area contributed by atoms with Crippen LogP contribution in [-0.2, 0) is 27.8 Å². The molecule has 5 rings (SSSR count). The third-order valence-corrected chi connectivity index (χ3v) is 8.61. The molecule has 2 aromatic rings. The van der Waals surface area contributed by atoms with E-state index in [1.165, 1.54) is 18.2 Å². The van der Waals surface area contributed by atoms with Gasteiger partial charge in [0.15, 0.2) is 0 Å². The van der Waals surface area contributed by atoms with Crippen LogP contribution in [0.4, 0.5) is 13.2 Å². The molecule has 0 saturated heterocycles. The van der Waals surface area contributed by atoms with Gasteiger partial charge in [-0.1, -0.05) is 29.8 Å². The zero-order valence-electron chi connectivity index (χ0n) is 20.2. The van der Waals surface area contributed by atoms with Crippen LogP contribution < -0.4 is 0 Å². The van der Waals surface area contributed by atoms with Crippen LogP contribution in [0, 0.1) is 11.3 Å². The van der Waals surface area contributed by atoms with Gasteiger partial charge < -0.3 is 9.90 Å². The lowest BCUT2D eigenvalue weighted by molar-refractivity contribution is -0.160. The van der Waals surface area contributed by atoms with Gasteiger partial charge >= 0.3 is 12.1 Å². The maximum Gasteiger partial charge on any atom is 0.398 e. The molecular weight excluding hydrogens is 509 g/mol. The minimum atomic E-state index is -4.53. The number of rotatable bonds is 5. The summed E-state index contributed by atoms with van der Waals surface area (Å²) in [6, 6.07) is 4.12. The molecule has 0 bridgehead atoms. The minimum Gasteiger partial charge on any atom is -0.481 e. The number of alkyl halides is 3. The van der Waals surface area contributed by atoms with Crippen molar-refractivity contribution in [1.82, 2.24) is 9.78 Å². The van der Waals surface area contributed by atoms with E-state index in [0.29, 0.717) is 43.5 Å². The van der Waals surface area contributed by atoms with E-state index in [1.54, 1.807) is 6.92 Å². The fourth-order valence-corrected chi connectivity index (χ4v) is 5.88. The van der Waals surface area contributed by atoms with Crippen molar-refractivity contribution in [3.05, 3.63) is 57.4 Å². The van der Waals surface area contributed by atoms with E-state index >= 15 is 0 Å². The Morgan fingerprint density at radius 3 is 2.51 bits per heavy atom. The molecular formula is C27H26ClF3N2O4. The van der Waals surface area contributed by atoms with Crippen LogP contribution in [0.2, 0.25) is 5.02 Å². The lowest BCUT2D eigenvalue weighted by Gasteiger charge is -2.28. The van der Waals surface area contributed by atoms with Gasteiger partial charge in [-0.2, -0.15) is 23.0 Å². The van der Waals surface area contributed by atoms with Crippen molar-refractivity contribution in [2.75, 3.05) is 0 Å². The first-order valence-corrected chi connectivity index (χ1v) is 12.7. The first-order chi connectivity index (χ1) is 17.4. The van der Waals surface area contributed by atoms with E-state index in [2.05, 4.69) is 5.10 Å². The standard InChI is InChI=1S/C27H26ClF3N2O4/c1-25(24(36)37)9-7-16(8-10-25)22-17-6-5-15(14-34)13-20(17)33(32-22)23(35)21-18(3-2-4-19(21)28)26(11-12-26)27(29,30)31/h2-4,7,14-15H,5-6,8-13H2,1H3,(H,36,37). The minimum absolute atomic E-state index is 0.0827. The molecule has 3 aliphatic rings. The number of halogens is 4. The molecule has 3 aliphatic carbocycles. The predicted octanol–water partition coefficient (Wildman–Crippen LogP) is 5.78. The van der Waals surface area contributed by atoms with Crippen LogP contribution in [0.15, 0.2) is 24.3 Å². The molecule has 2 atom stereocenters. The maximum atomic E-state index is 14.0. The van der Waals surface area contributed by atoms with E-state index in [4.69, 9.17) is 11.6 Å². The Bertz CT molecular complexity index is 1340. The van der Waals surface area contributed by atoms with Gasteiger partial charge in [0.1, 0.15) is 6.29 Å². The summed E-state index contributed by atoms with van der Waals surface area (Å²) >= 11 is 6.36. The predicted molar refractivity (Wildman–Crippen MR) is 130 cm³/mol. The van der Waals surface area contributed by atoms with Gasteiger partial charge in [-0.05, 0) is 75.5 Å². The number of aromatic nitrogens is 2. The number of carbonyl (C=O) groups is 3. The van der Waals surface area contributed by atoms with Crippen LogP contribution in [-0.4, -0.2) is 39.2 Å². The number of carboxylic acids is 1. The van der Waals surface area contributed by atoms with Gasteiger partial charge in [0.25, 0.3) is 5.91 Å². The fourth-order valence-electron chi connectivity index (χ4n) is 5.63. The molecule has 37 heavy (non-hydrogen) atoms. The molecule has 0 amide bonds. The van der Waals surface area contributed by atoms with Gasteiger partial charge in [0, 0.05) is 11.5 Å². The van der Waals surface area contributed by atoms with Crippen molar-refractivity contribution in [3.8, 4) is 0 Å². The summed E-state index contributed by atoms with van der Waals surface area (Å²) in [5.41, 5.74) is -0.754. The van der Waals surface area contributed by atoms with Crippen molar-refractivity contribution in [2.45, 2.75) is 69.9 Å². The summed E-state index contributed by atoms with van der Waals surface area (Å²) in [6.45, 7) is 1.68. The molecule has 0 radical (unpaired) electrons. The van der Waals surface area contributed by atoms with Gasteiger partial charge in [-0.15, -0.1) is 0 Å². The van der Waals surface area contributed by atoms with Crippen molar-refractivity contribution in [3.63, 3.8) is 0 Å². The van der Waals surface area contributed by atoms with Crippen molar-refractivity contribution >= 4 is 35.3 Å². The number of carbonyl (C=O) groups excluding carboxylic acids is 2. The molecule has 6 nitrogen and oxygen atoms in total. The van der Waals surface area contributed by atoms with Gasteiger partial charge in [-0.3, -0.25) is 9.59 Å². The molecule has 10 heteroatoms. The van der Waals surface area contributed by atoms with Crippen molar-refractivity contribution < 1.29 is 32.7 Å². The fraction of sp³-hybridized carbons (Fsp3) is 0.481. The first kappa shape index (κ1) is 25.7. The van der Waals surface area contributed by atoms with Crippen LogP contribution in [0.3, 0.4) is 0 Å². The number of hydrogen-bond donors (Lipinski definition) is 1. The summed E-state index contributed by atoms with van der Waals surface area (Å²) < 4.78 is 43.2. The number of aliphatic carboxylic acids is 1. The van der Waals surface area contributed by atoms with Crippen molar-refractivity contribution in [1.29, 1.82) is 0 Å². The Morgan fingerprint density at radius 2 is 1.95 bits per heavy atom. The zero-order chi connectivity index (χ0) is 26.8. The van der Waals surface area contributed by atoms with Crippen LogP contribution in [0.1, 0.15) is 78.3 Å². The number of nitrogens with zero attached hydrogens (tertiary/aromatic N) is 2. The molecule has 196 valence electrons. The van der Waals surface area contributed by atoms with E-state index in [1.807, 2.05) is 6.08 Å². The largest absolute Gasteiger partial charge is 0.481 e. The highest BCUT2D eigenvalue weighted by molar-refractivity contribution is 6.34. The SMILES string of the molecule is CC1(C(=O)O)CC=C(c2nn(C(=O)c3c(Cl)cccc3C3(C(F)(F)F)CC3)c3c2CCC(C=O)C3)CC1. The normalized spacial score (nSPS) is 24.7. The molecule has 1 fully saturated rings. The number of allylic oxidation sites excluding steroid dienone is 2. The smallest absolute Gasteiger partial charge is 0.398 e. The molecule has 2 unspecified atom stereocenters. The average Bonchev–Trinajstić information content (AvgIpc) is 3.60. The average molecular weight is 535 g/mol. The highest BCUT2D eigenvalue weighted by Gasteiger charge is 2.65. The van der Waals surface area contributed by atoms with Crippen LogP contribution in [0.25, 0.3) is 5.57 Å². The second-order valence-corrected chi connectivity index (χ2v) is 11.1. The van der Waals surface area contributed by atoms with Crippen molar-refractivity contribution in [2.24, 2.45) is 11.3 Å². The van der Waals surface area contributed by atoms with Gasteiger partial charge in [-0.25, -0.2) is 0 Å². The van der Waals surface area contributed by atoms with E-state index in [9.17, 15) is 32.7 Å². The second kappa shape index (κ2) is 8.82. The Morgan fingerprint density at radius 1 is 1.22 bits per heavy atom. The summed E-state index contributed by atoms with van der Waals surface area (Å²) in [5, 5.41) is 14.1. The highest BCUT2D eigenvalue weighted by atomic mass is 35.5. The molecule has 0 aliphatic heterocycles. The number of carboxylic acid groups (broad SMARTS) is 1. The third kappa shape index (κ3) is 4.11. The lowest BCUT2D eigenvalue weighted by atomic mass is 9.75. The van der Waals surface area contributed by atoms with Gasteiger partial charge in [0.2, 0.25) is 0 Å². The van der Waals surface area contributed by atoms with Gasteiger partial charge in [0.05, 0.1) is 32.8 Å². The Kier molecular flexibility index (Phi) is 6.13. The molecule has 1 aromatic heterocycles. The maximum absolute atomic E-state index is 14.0. The number of aldehydes is 1. The van der Waals surface area contributed by atoms with E-state index in [0.717, 1.165) is 22.1 Å². The Balaban J connectivity index is 1.62. The molecule has 1 heterocycles. The molecule has 1 saturated carbocycles. The second-order valence-electron chi connectivity index (χ2n) is 10.7. The summed E-state index contributed by atoms with van der Waals surface area (Å²) in [4.78, 5) is 37.2. The third-order valence-electron chi connectivity index (χ3n) is 8.30. The Labute approximate surface area is 216 Å². The molecule has 0 spiro atoms. The van der Waals surface area contributed by atoms with Crippen LogP contribution in [0.5, 0.6) is 0 Å². The quantitative estimate of drug-likeness (QED) is 0.491.